The number of amides is 1. The number of anilines is 1. The molecule has 0 unspecified atom stereocenters. The summed E-state index contributed by atoms with van der Waals surface area (Å²) < 4.78 is 12.6. The van der Waals surface area contributed by atoms with Crippen molar-refractivity contribution in [2.45, 2.75) is 26.8 Å². The van der Waals surface area contributed by atoms with E-state index in [1.165, 1.54) is 0 Å². The molecule has 3 aromatic heterocycles. The van der Waals surface area contributed by atoms with Crippen LogP contribution in [0.3, 0.4) is 0 Å². The summed E-state index contributed by atoms with van der Waals surface area (Å²) in [5.74, 6) is -0.401. The Hall–Kier alpha value is -3.94. The molecule has 0 aliphatic carbocycles. The molecule has 0 atom stereocenters. The van der Waals surface area contributed by atoms with Crippen LogP contribution in [0.15, 0.2) is 65.4 Å². The molecule has 0 saturated heterocycles. The van der Waals surface area contributed by atoms with Crippen molar-refractivity contribution < 1.29 is 18.7 Å². The number of aromatic nitrogens is 3. The minimum absolute atomic E-state index is 0.0429. The van der Waals surface area contributed by atoms with E-state index in [0.29, 0.717) is 29.0 Å². The Morgan fingerprint density at radius 1 is 1.16 bits per heavy atom. The highest BCUT2D eigenvalue weighted by atomic mass is 16.5. The van der Waals surface area contributed by atoms with Gasteiger partial charge in [-0.2, -0.15) is 5.10 Å². The van der Waals surface area contributed by atoms with Crippen LogP contribution < -0.4 is 4.90 Å². The van der Waals surface area contributed by atoms with Crippen LogP contribution >= 0.6 is 0 Å². The zero-order valence-corrected chi connectivity index (χ0v) is 18.2. The number of nitrogens with zero attached hydrogens (tertiary/aromatic N) is 4. The van der Waals surface area contributed by atoms with Crippen molar-refractivity contribution in [3.63, 3.8) is 0 Å². The molecular formula is C24H24N4O4. The molecule has 0 N–H and O–H groups in total. The summed E-state index contributed by atoms with van der Waals surface area (Å²) in [5, 5.41) is 4.93. The van der Waals surface area contributed by atoms with E-state index in [0.717, 1.165) is 5.69 Å². The van der Waals surface area contributed by atoms with E-state index >= 15 is 0 Å². The highest BCUT2D eigenvalue weighted by Gasteiger charge is 2.22. The van der Waals surface area contributed by atoms with E-state index < -0.39 is 5.97 Å². The van der Waals surface area contributed by atoms with Crippen LogP contribution in [0.5, 0.6) is 0 Å². The van der Waals surface area contributed by atoms with Crippen molar-refractivity contribution in [3.8, 4) is 11.5 Å². The number of rotatable bonds is 7. The smallest absolute Gasteiger partial charge is 0.339 e. The molecule has 3 heterocycles. The molecule has 8 nitrogen and oxygen atoms in total. The lowest BCUT2D eigenvalue weighted by atomic mass is 10.1. The summed E-state index contributed by atoms with van der Waals surface area (Å²) in [6.45, 7) is 5.92. The van der Waals surface area contributed by atoms with E-state index in [2.05, 4.69) is 10.1 Å². The second-order valence-electron chi connectivity index (χ2n) is 7.50. The summed E-state index contributed by atoms with van der Waals surface area (Å²) in [6, 6.07) is 14.4. The van der Waals surface area contributed by atoms with Gasteiger partial charge in [0.25, 0.3) is 5.91 Å². The van der Waals surface area contributed by atoms with Crippen LogP contribution in [-0.4, -0.2) is 39.8 Å². The minimum atomic E-state index is -0.619. The lowest BCUT2D eigenvalue weighted by molar-refractivity contribution is -0.121. The first-order chi connectivity index (χ1) is 15.5. The molecule has 0 saturated carbocycles. The van der Waals surface area contributed by atoms with Gasteiger partial charge >= 0.3 is 5.97 Å². The molecule has 0 spiro atoms. The lowest BCUT2D eigenvalue weighted by Gasteiger charge is -2.20. The Bertz CT molecular complexity index is 1230. The maximum atomic E-state index is 13.0. The number of likely N-dealkylation sites (N-methyl/N-ethyl adjacent to an activating group) is 1. The largest absolute Gasteiger partial charge is 0.463 e. The number of carbonyl (C=O) groups excluding carboxylic acids is 2. The van der Waals surface area contributed by atoms with Crippen LogP contribution in [0.4, 0.5) is 5.69 Å². The van der Waals surface area contributed by atoms with Gasteiger partial charge in [-0.25, -0.2) is 14.5 Å². The molecule has 0 aliphatic rings. The fourth-order valence-corrected chi connectivity index (χ4v) is 3.51. The predicted molar refractivity (Wildman–Crippen MR) is 120 cm³/mol. The molecule has 0 radical (unpaired) electrons. The highest BCUT2D eigenvalue weighted by Crippen LogP contribution is 2.27. The Balaban J connectivity index is 1.62. The third kappa shape index (κ3) is 4.12. The van der Waals surface area contributed by atoms with Gasteiger partial charge in [0.15, 0.2) is 18.0 Å². The number of pyridine rings is 1. The predicted octanol–water partition coefficient (Wildman–Crippen LogP) is 4.48. The van der Waals surface area contributed by atoms with Crippen molar-refractivity contribution in [2.75, 3.05) is 18.1 Å². The Morgan fingerprint density at radius 2 is 1.94 bits per heavy atom. The molecule has 32 heavy (non-hydrogen) atoms. The number of benzene rings is 1. The average Bonchev–Trinajstić information content (AvgIpc) is 3.48. The van der Waals surface area contributed by atoms with Crippen LogP contribution in [0.1, 0.15) is 37.2 Å². The van der Waals surface area contributed by atoms with Crippen molar-refractivity contribution in [2.24, 2.45) is 0 Å². The van der Waals surface area contributed by atoms with Gasteiger partial charge in [0.05, 0.1) is 23.4 Å². The van der Waals surface area contributed by atoms with Crippen molar-refractivity contribution in [1.82, 2.24) is 14.8 Å². The Morgan fingerprint density at radius 3 is 2.59 bits per heavy atom. The summed E-state index contributed by atoms with van der Waals surface area (Å²) >= 11 is 0. The second kappa shape index (κ2) is 9.05. The SMILES string of the molecule is CCN(C(=O)COC(=O)c1cc(-c2ccco2)nc2c1cnn2C(C)C)c1ccccc1. The number of esters is 1. The fourth-order valence-electron chi connectivity index (χ4n) is 3.51. The number of para-hydroxylation sites is 1. The summed E-state index contributed by atoms with van der Waals surface area (Å²) in [6.07, 6.45) is 3.13. The van der Waals surface area contributed by atoms with E-state index in [-0.39, 0.29) is 24.1 Å². The normalized spacial score (nSPS) is 11.1. The monoisotopic (exact) mass is 432 g/mol. The van der Waals surface area contributed by atoms with Crippen LogP contribution in [0.25, 0.3) is 22.5 Å². The zero-order valence-electron chi connectivity index (χ0n) is 18.2. The zero-order chi connectivity index (χ0) is 22.7. The van der Waals surface area contributed by atoms with Gasteiger partial charge in [-0.3, -0.25) is 4.79 Å². The Labute approximate surface area is 185 Å². The van der Waals surface area contributed by atoms with Gasteiger partial charge in [-0.05, 0) is 51.1 Å². The van der Waals surface area contributed by atoms with Crippen molar-refractivity contribution >= 4 is 28.6 Å². The first kappa shape index (κ1) is 21.3. The molecule has 164 valence electrons. The second-order valence-corrected chi connectivity index (χ2v) is 7.50. The summed E-state index contributed by atoms with van der Waals surface area (Å²) in [5.41, 5.74) is 2.07. The van der Waals surface area contributed by atoms with Crippen molar-refractivity contribution in [3.05, 3.63) is 66.6 Å². The van der Waals surface area contributed by atoms with Gasteiger partial charge in [0.2, 0.25) is 0 Å². The summed E-state index contributed by atoms with van der Waals surface area (Å²) in [4.78, 5) is 32.0. The first-order valence-electron chi connectivity index (χ1n) is 10.4. The van der Waals surface area contributed by atoms with Crippen LogP contribution in [0, 0.1) is 0 Å². The number of furan rings is 1. The molecule has 4 rings (SSSR count). The molecule has 0 fully saturated rings. The highest BCUT2D eigenvalue weighted by molar-refractivity contribution is 6.05. The van der Waals surface area contributed by atoms with Gasteiger partial charge < -0.3 is 14.1 Å². The average molecular weight is 432 g/mol. The topological polar surface area (TPSA) is 90.5 Å². The van der Waals surface area contributed by atoms with Gasteiger partial charge in [0, 0.05) is 18.3 Å². The fraction of sp³-hybridized carbons (Fsp3) is 0.250. The number of fused-ring (bicyclic) bond motifs is 1. The third-order valence-electron chi connectivity index (χ3n) is 5.06. The molecule has 0 aliphatic heterocycles. The molecule has 8 heteroatoms. The maximum Gasteiger partial charge on any atom is 0.339 e. The first-order valence-corrected chi connectivity index (χ1v) is 10.4. The molecule has 0 bridgehead atoms. The molecule has 1 aromatic carbocycles. The van der Waals surface area contributed by atoms with E-state index in [4.69, 9.17) is 9.15 Å². The lowest BCUT2D eigenvalue weighted by Crippen LogP contribution is -2.34. The number of ether oxygens (including phenoxy) is 1. The minimum Gasteiger partial charge on any atom is -0.463 e. The quantitative estimate of drug-likeness (QED) is 0.400. The van der Waals surface area contributed by atoms with E-state index in [1.807, 2.05) is 51.1 Å². The van der Waals surface area contributed by atoms with Crippen molar-refractivity contribution in [1.29, 1.82) is 0 Å². The van der Waals surface area contributed by atoms with Crippen LogP contribution in [0.2, 0.25) is 0 Å². The number of carbonyl (C=O) groups is 2. The van der Waals surface area contributed by atoms with Crippen LogP contribution in [-0.2, 0) is 9.53 Å². The standard InChI is InChI=1S/C24H24N4O4/c1-4-27(17-9-6-5-7-10-17)22(29)15-32-24(30)18-13-20(21-11-8-12-31-21)26-23-19(18)14-25-28(23)16(2)3/h5-14,16H,4,15H2,1-3H3. The van der Waals surface area contributed by atoms with Gasteiger partial charge in [-0.1, -0.05) is 18.2 Å². The van der Waals surface area contributed by atoms with Gasteiger partial charge in [0.1, 0.15) is 5.69 Å². The molecule has 1 amide bonds. The number of hydrogen-bond donors (Lipinski definition) is 0. The maximum absolute atomic E-state index is 13.0. The number of hydrogen-bond acceptors (Lipinski definition) is 6. The third-order valence-corrected chi connectivity index (χ3v) is 5.06. The van der Waals surface area contributed by atoms with Gasteiger partial charge in [-0.15, -0.1) is 0 Å². The van der Waals surface area contributed by atoms with E-state index in [1.54, 1.807) is 40.2 Å². The molecular weight excluding hydrogens is 408 g/mol. The Kier molecular flexibility index (Phi) is 6.02. The van der Waals surface area contributed by atoms with E-state index in [9.17, 15) is 9.59 Å². The summed E-state index contributed by atoms with van der Waals surface area (Å²) in [7, 11) is 0. The molecule has 4 aromatic rings.